The molecule has 1 aromatic carbocycles. The molecule has 3 rings (SSSR count). The summed E-state index contributed by atoms with van der Waals surface area (Å²) < 4.78 is 5.81. The van der Waals surface area contributed by atoms with Crippen LogP contribution < -0.4 is 15.8 Å². The van der Waals surface area contributed by atoms with E-state index in [0.717, 1.165) is 28.0 Å². The third-order valence-electron chi connectivity index (χ3n) is 2.82. The van der Waals surface area contributed by atoms with Crippen LogP contribution in [0, 0.1) is 0 Å². The molecule has 0 amide bonds. The zero-order valence-electron chi connectivity index (χ0n) is 10.6. The van der Waals surface area contributed by atoms with Gasteiger partial charge in [-0.05, 0) is 29.6 Å². The molecule has 3 N–H and O–H groups in total. The van der Waals surface area contributed by atoms with Gasteiger partial charge in [-0.3, -0.25) is 10.1 Å². The fourth-order valence-electron chi connectivity index (χ4n) is 1.78. The molecule has 0 aliphatic rings. The molecule has 0 aliphatic carbocycles. The maximum Gasteiger partial charge on any atom is 0.131 e. The maximum absolute atomic E-state index is 5.81. The number of nitrogens with one attached hydrogen (secondary N) is 1. The van der Waals surface area contributed by atoms with Crippen LogP contribution in [-0.2, 0) is 0 Å². The number of aromatic amines is 1. The minimum atomic E-state index is 0.713. The second-order valence-electron chi connectivity index (χ2n) is 4.26. The van der Waals surface area contributed by atoms with E-state index in [2.05, 4.69) is 24.4 Å². The van der Waals surface area contributed by atoms with Crippen LogP contribution in [-0.4, -0.2) is 15.2 Å². The first-order valence-electron chi connectivity index (χ1n) is 6.00. The third-order valence-corrected chi connectivity index (χ3v) is 3.32. The molecule has 3 aromatic rings. The molecule has 0 aliphatic heterocycles. The molecule has 5 nitrogen and oxygen atoms in total. The largest absolute Gasteiger partial charge is 0.457 e. The second-order valence-corrected chi connectivity index (χ2v) is 4.88. The second kappa shape index (κ2) is 5.31. The fraction of sp³-hybridized carbons (Fsp3) is 0. The number of hydrogen-bond donors (Lipinski definition) is 2. The lowest BCUT2D eigenvalue weighted by molar-refractivity contribution is 0.483. The predicted octanol–water partition coefficient (Wildman–Crippen LogP) is 2.35. The Morgan fingerprint density at radius 3 is 2.75 bits per heavy atom. The van der Waals surface area contributed by atoms with Gasteiger partial charge in [0.15, 0.2) is 0 Å². The van der Waals surface area contributed by atoms with E-state index >= 15 is 0 Å². The highest BCUT2D eigenvalue weighted by molar-refractivity contribution is 7.28. The van der Waals surface area contributed by atoms with Gasteiger partial charge in [-0.25, -0.2) is 0 Å². The van der Waals surface area contributed by atoms with E-state index < -0.39 is 0 Å². The SMILES string of the molecule is Nc1ccc(Oc2ccnc(-c3cn[nH]c3)c2)cc1P. The van der Waals surface area contributed by atoms with Crippen molar-refractivity contribution in [2.75, 3.05) is 5.73 Å². The van der Waals surface area contributed by atoms with Gasteiger partial charge in [-0.1, -0.05) is 0 Å². The van der Waals surface area contributed by atoms with Crippen LogP contribution in [0.25, 0.3) is 11.3 Å². The Bertz CT molecular complexity index is 728. The fourth-order valence-corrected chi connectivity index (χ4v) is 2.04. The Balaban J connectivity index is 1.87. The molecule has 0 spiro atoms. The highest BCUT2D eigenvalue weighted by Gasteiger charge is 2.04. The van der Waals surface area contributed by atoms with Crippen molar-refractivity contribution in [1.82, 2.24) is 15.2 Å². The zero-order chi connectivity index (χ0) is 13.9. The number of anilines is 1. The monoisotopic (exact) mass is 284 g/mol. The lowest BCUT2D eigenvalue weighted by Gasteiger charge is -2.08. The van der Waals surface area contributed by atoms with E-state index in [9.17, 15) is 0 Å². The van der Waals surface area contributed by atoms with Crippen LogP contribution in [0.4, 0.5) is 5.69 Å². The van der Waals surface area contributed by atoms with Gasteiger partial charge in [-0.15, -0.1) is 9.24 Å². The predicted molar refractivity (Wildman–Crippen MR) is 82.1 cm³/mol. The summed E-state index contributed by atoms with van der Waals surface area (Å²) in [7, 11) is 2.58. The molecule has 1 unspecified atom stereocenters. The van der Waals surface area contributed by atoms with Crippen molar-refractivity contribution in [2.45, 2.75) is 0 Å². The number of nitrogens with zero attached hydrogens (tertiary/aromatic N) is 2. The van der Waals surface area contributed by atoms with Gasteiger partial charge < -0.3 is 10.5 Å². The van der Waals surface area contributed by atoms with Gasteiger partial charge in [0.2, 0.25) is 0 Å². The molecule has 6 heteroatoms. The molecule has 2 heterocycles. The van der Waals surface area contributed by atoms with Crippen molar-refractivity contribution < 1.29 is 4.74 Å². The maximum atomic E-state index is 5.81. The molecule has 0 radical (unpaired) electrons. The van der Waals surface area contributed by atoms with E-state index in [1.165, 1.54) is 0 Å². The summed E-state index contributed by atoms with van der Waals surface area (Å²) in [6, 6.07) is 9.20. The molecular formula is C14H13N4OP. The van der Waals surface area contributed by atoms with Crippen molar-refractivity contribution in [1.29, 1.82) is 0 Å². The number of pyridine rings is 1. The van der Waals surface area contributed by atoms with Gasteiger partial charge in [0, 0.05) is 29.7 Å². The van der Waals surface area contributed by atoms with Gasteiger partial charge >= 0.3 is 0 Å². The van der Waals surface area contributed by atoms with E-state index in [4.69, 9.17) is 10.5 Å². The molecular weight excluding hydrogens is 271 g/mol. The van der Waals surface area contributed by atoms with Crippen LogP contribution in [0.1, 0.15) is 0 Å². The molecule has 0 saturated carbocycles. The lowest BCUT2D eigenvalue weighted by Crippen LogP contribution is -2.01. The van der Waals surface area contributed by atoms with Gasteiger partial charge in [0.05, 0.1) is 11.9 Å². The van der Waals surface area contributed by atoms with E-state index in [1.807, 2.05) is 30.3 Å². The summed E-state index contributed by atoms with van der Waals surface area (Å²) in [4.78, 5) is 4.29. The highest BCUT2D eigenvalue weighted by Crippen LogP contribution is 2.25. The number of nitrogens with two attached hydrogens (primary N) is 1. The first-order valence-corrected chi connectivity index (χ1v) is 6.58. The average molecular weight is 284 g/mol. The molecule has 0 fully saturated rings. The molecule has 2 aromatic heterocycles. The van der Waals surface area contributed by atoms with Gasteiger partial charge in [0.1, 0.15) is 11.5 Å². The minimum Gasteiger partial charge on any atom is -0.457 e. The molecule has 100 valence electrons. The van der Waals surface area contributed by atoms with E-state index in [1.54, 1.807) is 18.6 Å². The Kier molecular flexibility index (Phi) is 3.35. The quantitative estimate of drug-likeness (QED) is 0.571. The Morgan fingerprint density at radius 1 is 1.15 bits per heavy atom. The van der Waals surface area contributed by atoms with Crippen molar-refractivity contribution in [3.8, 4) is 22.8 Å². The highest BCUT2D eigenvalue weighted by atomic mass is 31.0. The summed E-state index contributed by atoms with van der Waals surface area (Å²) in [6.07, 6.45) is 5.21. The number of ether oxygens (including phenoxy) is 1. The van der Waals surface area contributed by atoms with Gasteiger partial charge in [0.25, 0.3) is 0 Å². The number of hydrogen-bond acceptors (Lipinski definition) is 4. The normalized spacial score (nSPS) is 10.4. The molecule has 20 heavy (non-hydrogen) atoms. The number of nitrogen functional groups attached to an aromatic ring is 1. The van der Waals surface area contributed by atoms with Crippen molar-refractivity contribution in [2.24, 2.45) is 0 Å². The Hall–Kier alpha value is -2.39. The third kappa shape index (κ3) is 2.63. The number of benzene rings is 1. The number of H-pyrrole nitrogens is 1. The summed E-state index contributed by atoms with van der Waals surface area (Å²) in [5.41, 5.74) is 8.21. The van der Waals surface area contributed by atoms with Gasteiger partial charge in [-0.2, -0.15) is 5.10 Å². The smallest absolute Gasteiger partial charge is 0.131 e. The molecule has 0 bridgehead atoms. The van der Waals surface area contributed by atoms with E-state index in [-0.39, 0.29) is 0 Å². The van der Waals surface area contributed by atoms with Crippen molar-refractivity contribution >= 4 is 20.2 Å². The number of aromatic nitrogens is 3. The molecule has 1 atom stereocenters. The Labute approximate surface area is 118 Å². The summed E-state index contributed by atoms with van der Waals surface area (Å²) >= 11 is 0. The lowest BCUT2D eigenvalue weighted by atomic mass is 10.2. The van der Waals surface area contributed by atoms with Crippen molar-refractivity contribution in [3.63, 3.8) is 0 Å². The van der Waals surface area contributed by atoms with Crippen LogP contribution in [0.3, 0.4) is 0 Å². The van der Waals surface area contributed by atoms with Crippen molar-refractivity contribution in [3.05, 3.63) is 48.9 Å². The van der Waals surface area contributed by atoms with Crippen LogP contribution >= 0.6 is 9.24 Å². The topological polar surface area (TPSA) is 76.8 Å². The zero-order valence-corrected chi connectivity index (χ0v) is 11.7. The summed E-state index contributed by atoms with van der Waals surface area (Å²) in [5, 5.41) is 7.58. The number of rotatable bonds is 3. The van der Waals surface area contributed by atoms with Crippen LogP contribution in [0.2, 0.25) is 0 Å². The summed E-state index contributed by atoms with van der Waals surface area (Å²) in [5.74, 6) is 1.44. The van der Waals surface area contributed by atoms with Crippen LogP contribution in [0.5, 0.6) is 11.5 Å². The van der Waals surface area contributed by atoms with Crippen LogP contribution in [0.15, 0.2) is 48.9 Å². The summed E-state index contributed by atoms with van der Waals surface area (Å²) in [6.45, 7) is 0. The average Bonchev–Trinajstić information content (AvgIpc) is 2.97. The Morgan fingerprint density at radius 2 is 2.00 bits per heavy atom. The minimum absolute atomic E-state index is 0.713. The van der Waals surface area contributed by atoms with E-state index in [0.29, 0.717) is 5.75 Å². The first kappa shape index (κ1) is 12.6. The standard InChI is InChI=1S/C14H13N4OP/c15-12-2-1-10(6-14(12)20)19-11-3-4-16-13(5-11)9-7-17-18-8-9/h1-8H,15,20H2,(H,17,18). The first-order chi connectivity index (χ1) is 9.72. The molecule has 0 saturated heterocycles.